The van der Waals surface area contributed by atoms with Crippen LogP contribution in [0.2, 0.25) is 0 Å². The van der Waals surface area contributed by atoms with Gasteiger partial charge in [0.15, 0.2) is 6.10 Å². The van der Waals surface area contributed by atoms with Crippen molar-refractivity contribution >= 4 is 19.8 Å². The van der Waals surface area contributed by atoms with Crippen LogP contribution in [0.15, 0.2) is 48.6 Å². The molecule has 0 heterocycles. The molecule has 2 atom stereocenters. The molecule has 290 valence electrons. The number of hydrogen-bond donors (Lipinski definition) is 1. The molecule has 0 aromatic rings. The van der Waals surface area contributed by atoms with Crippen molar-refractivity contribution in [3.05, 3.63) is 48.6 Å². The van der Waals surface area contributed by atoms with Crippen LogP contribution < -0.4 is 0 Å². The number of phosphoric acid groups is 1. The number of esters is 2. The maximum Gasteiger partial charge on any atom is 0.472 e. The van der Waals surface area contributed by atoms with Crippen LogP contribution in [0.1, 0.15) is 142 Å². The molecule has 0 saturated heterocycles. The fraction of sp³-hybridized carbons (Fsp3) is 0.750. The number of nitrogens with zero attached hydrogens (tertiary/aromatic N) is 1. The van der Waals surface area contributed by atoms with Gasteiger partial charge < -0.3 is 18.9 Å². The van der Waals surface area contributed by atoms with Crippen LogP contribution >= 0.6 is 7.82 Å². The average Bonchev–Trinajstić information content (AvgIpc) is 3.06. The lowest BCUT2D eigenvalue weighted by atomic mass is 10.1. The van der Waals surface area contributed by atoms with E-state index in [0.717, 1.165) is 57.8 Å². The number of phosphoric ester groups is 1. The highest BCUT2D eigenvalue weighted by Crippen LogP contribution is 2.43. The molecule has 0 amide bonds. The standard InChI is InChI=1S/C40H72NO8P/c1-6-8-10-12-14-16-18-19-20-21-23-25-27-29-31-33-40(43)49-38(37-48-50(44,45)47-35-34-41(3,4)5)36-46-39(42)32-30-28-26-24-22-17-15-13-11-9-7-2/h8,10,14,16,19-20,23,25,38H,6-7,9,11-13,15,17-18,21-22,24,26-37H2,1-5H3/p+1/b10-8-,16-14-,20-19-,25-23-/t38-/m1/s1. The number of allylic oxidation sites excluding steroid dienone is 8. The third kappa shape index (κ3) is 35.8. The molecule has 0 aromatic carbocycles. The Morgan fingerprint density at radius 2 is 1.14 bits per heavy atom. The van der Waals surface area contributed by atoms with Crippen molar-refractivity contribution in [2.24, 2.45) is 0 Å². The first-order valence-electron chi connectivity index (χ1n) is 19.4. The maximum atomic E-state index is 12.6. The van der Waals surface area contributed by atoms with Crippen molar-refractivity contribution in [1.82, 2.24) is 0 Å². The number of ether oxygens (including phenoxy) is 2. The van der Waals surface area contributed by atoms with Crippen LogP contribution in [-0.4, -0.2) is 74.9 Å². The van der Waals surface area contributed by atoms with Gasteiger partial charge in [0, 0.05) is 12.8 Å². The van der Waals surface area contributed by atoms with Crippen molar-refractivity contribution in [1.29, 1.82) is 0 Å². The number of unbranched alkanes of at least 4 members (excludes halogenated alkanes) is 12. The summed E-state index contributed by atoms with van der Waals surface area (Å²) in [6, 6.07) is 0. The summed E-state index contributed by atoms with van der Waals surface area (Å²) in [7, 11) is 1.44. The van der Waals surface area contributed by atoms with Gasteiger partial charge in [-0.15, -0.1) is 0 Å². The SMILES string of the molecule is CC/C=C\C/C=C\C/C=C\C/C=C\CCCCC(=O)O[C@H](COC(=O)CCCCCCCCCCCCC)COP(=O)(O)OCC[N+](C)(C)C. The second-order valence-corrected chi connectivity index (χ2v) is 15.4. The zero-order valence-corrected chi connectivity index (χ0v) is 33.3. The molecule has 0 aliphatic rings. The Morgan fingerprint density at radius 1 is 0.640 bits per heavy atom. The zero-order valence-electron chi connectivity index (χ0n) is 32.4. The topological polar surface area (TPSA) is 108 Å². The predicted octanol–water partition coefficient (Wildman–Crippen LogP) is 10.3. The highest BCUT2D eigenvalue weighted by Gasteiger charge is 2.27. The summed E-state index contributed by atoms with van der Waals surface area (Å²) in [5.74, 6) is -0.852. The molecule has 0 radical (unpaired) electrons. The van der Waals surface area contributed by atoms with Gasteiger partial charge in [0.25, 0.3) is 0 Å². The first-order chi connectivity index (χ1) is 24.0. The summed E-state index contributed by atoms with van der Waals surface area (Å²) in [5.41, 5.74) is 0. The molecule has 0 saturated carbocycles. The molecular formula is C40H73NO8P+. The Hall–Kier alpha value is -2.03. The van der Waals surface area contributed by atoms with Crippen LogP contribution in [-0.2, 0) is 32.7 Å². The number of carbonyl (C=O) groups excluding carboxylic acids is 2. The fourth-order valence-corrected chi connectivity index (χ4v) is 5.57. The highest BCUT2D eigenvalue weighted by molar-refractivity contribution is 7.47. The van der Waals surface area contributed by atoms with E-state index in [4.69, 9.17) is 18.5 Å². The third-order valence-corrected chi connectivity index (χ3v) is 8.86. The second-order valence-electron chi connectivity index (χ2n) is 13.9. The quantitative estimate of drug-likeness (QED) is 0.0230. The van der Waals surface area contributed by atoms with Crippen molar-refractivity contribution in [2.75, 3.05) is 47.5 Å². The van der Waals surface area contributed by atoms with Gasteiger partial charge in [0.2, 0.25) is 0 Å². The smallest absolute Gasteiger partial charge is 0.462 e. The Balaban J connectivity index is 4.52. The normalized spacial score (nSPS) is 14.3. The lowest BCUT2D eigenvalue weighted by Gasteiger charge is -2.24. The van der Waals surface area contributed by atoms with E-state index in [1.54, 1.807) is 0 Å². The molecule has 0 bridgehead atoms. The van der Waals surface area contributed by atoms with E-state index in [1.165, 1.54) is 51.4 Å². The Morgan fingerprint density at radius 3 is 1.70 bits per heavy atom. The molecular weight excluding hydrogens is 653 g/mol. The molecule has 0 spiro atoms. The lowest BCUT2D eigenvalue weighted by molar-refractivity contribution is -0.870. The summed E-state index contributed by atoms with van der Waals surface area (Å²) < 4.78 is 34.1. The first-order valence-corrected chi connectivity index (χ1v) is 20.9. The summed E-state index contributed by atoms with van der Waals surface area (Å²) in [4.78, 5) is 35.1. The molecule has 0 fully saturated rings. The number of rotatable bonds is 34. The number of hydrogen-bond acceptors (Lipinski definition) is 7. The number of carbonyl (C=O) groups is 2. The molecule has 50 heavy (non-hydrogen) atoms. The summed E-state index contributed by atoms with van der Waals surface area (Å²) >= 11 is 0. The molecule has 1 N–H and O–H groups in total. The van der Waals surface area contributed by atoms with Gasteiger partial charge >= 0.3 is 19.8 Å². The Kier molecular flexibility index (Phi) is 31.5. The largest absolute Gasteiger partial charge is 0.472 e. The predicted molar refractivity (Wildman–Crippen MR) is 206 cm³/mol. The minimum atomic E-state index is -4.38. The van der Waals surface area contributed by atoms with E-state index >= 15 is 0 Å². The number of quaternary nitrogens is 1. The molecule has 0 aliphatic heterocycles. The zero-order chi connectivity index (χ0) is 37.2. The summed E-state index contributed by atoms with van der Waals surface area (Å²) in [6.45, 7) is 4.22. The maximum absolute atomic E-state index is 12.6. The third-order valence-electron chi connectivity index (χ3n) is 7.87. The monoisotopic (exact) mass is 727 g/mol. The van der Waals surface area contributed by atoms with E-state index in [2.05, 4.69) is 62.5 Å². The van der Waals surface area contributed by atoms with Crippen molar-refractivity contribution < 1.29 is 42.1 Å². The second kappa shape index (κ2) is 32.8. The van der Waals surface area contributed by atoms with Gasteiger partial charge in [0.1, 0.15) is 19.8 Å². The molecule has 1 unspecified atom stereocenters. The van der Waals surface area contributed by atoms with Gasteiger partial charge in [0.05, 0.1) is 27.7 Å². The van der Waals surface area contributed by atoms with Gasteiger partial charge in [-0.3, -0.25) is 18.6 Å². The van der Waals surface area contributed by atoms with E-state index in [1.807, 2.05) is 21.1 Å². The molecule has 10 heteroatoms. The van der Waals surface area contributed by atoms with Gasteiger partial charge in [-0.05, 0) is 51.4 Å². The highest BCUT2D eigenvalue weighted by atomic mass is 31.2. The van der Waals surface area contributed by atoms with Gasteiger partial charge in [-0.1, -0.05) is 127 Å². The molecule has 0 rings (SSSR count). The molecule has 9 nitrogen and oxygen atoms in total. The first kappa shape index (κ1) is 48.0. The Labute approximate surface area is 305 Å². The average molecular weight is 727 g/mol. The van der Waals surface area contributed by atoms with Crippen LogP contribution in [0.4, 0.5) is 0 Å². The van der Waals surface area contributed by atoms with Crippen molar-refractivity contribution in [2.45, 2.75) is 148 Å². The fourth-order valence-electron chi connectivity index (χ4n) is 4.83. The van der Waals surface area contributed by atoms with Crippen molar-refractivity contribution in [3.63, 3.8) is 0 Å². The summed E-state index contributed by atoms with van der Waals surface area (Å²) in [5, 5.41) is 0. The minimum absolute atomic E-state index is 0.0228. The van der Waals surface area contributed by atoms with Crippen molar-refractivity contribution in [3.8, 4) is 0 Å². The van der Waals surface area contributed by atoms with Gasteiger partial charge in [-0.2, -0.15) is 0 Å². The van der Waals surface area contributed by atoms with E-state index in [9.17, 15) is 19.0 Å². The van der Waals surface area contributed by atoms with E-state index in [0.29, 0.717) is 17.4 Å². The van der Waals surface area contributed by atoms with Gasteiger partial charge in [-0.25, -0.2) is 4.57 Å². The van der Waals surface area contributed by atoms with E-state index < -0.39 is 26.5 Å². The van der Waals surface area contributed by atoms with E-state index in [-0.39, 0.29) is 32.0 Å². The Bertz CT molecular complexity index is 1000. The lowest BCUT2D eigenvalue weighted by Crippen LogP contribution is -2.37. The van der Waals surface area contributed by atoms with Crippen LogP contribution in [0.25, 0.3) is 0 Å². The van der Waals surface area contributed by atoms with Crippen LogP contribution in [0.3, 0.4) is 0 Å². The molecule has 0 aromatic heterocycles. The summed E-state index contributed by atoms with van der Waals surface area (Å²) in [6.07, 6.45) is 35.9. The van der Waals surface area contributed by atoms with Crippen LogP contribution in [0, 0.1) is 0 Å². The van der Waals surface area contributed by atoms with Crippen LogP contribution in [0.5, 0.6) is 0 Å². The molecule has 0 aliphatic carbocycles. The minimum Gasteiger partial charge on any atom is -0.462 e. The number of likely N-dealkylation sites (N-methyl/N-ethyl adjacent to an activating group) is 1.